The van der Waals surface area contributed by atoms with Crippen molar-refractivity contribution in [1.82, 2.24) is 0 Å². The molecule has 0 aliphatic heterocycles. The summed E-state index contributed by atoms with van der Waals surface area (Å²) in [5, 5.41) is 9.76. The highest BCUT2D eigenvalue weighted by atomic mass is 17.1. The quantitative estimate of drug-likeness (QED) is 0.599. The molecule has 0 saturated carbocycles. The third kappa shape index (κ3) is 3.11. The third-order valence-corrected chi connectivity index (χ3v) is 4.66. The number of Topliss-reactive ketones (excluding diaryl/α,β-unsaturated/α-hetero) is 1. The van der Waals surface area contributed by atoms with Crippen molar-refractivity contribution in [3.63, 3.8) is 0 Å². The summed E-state index contributed by atoms with van der Waals surface area (Å²) in [7, 11) is 0. The van der Waals surface area contributed by atoms with Crippen molar-refractivity contribution in [3.05, 3.63) is 53.1 Å². The van der Waals surface area contributed by atoms with Crippen LogP contribution >= 0.6 is 0 Å². The molecule has 0 amide bonds. The molecule has 1 aromatic rings. The third-order valence-electron chi connectivity index (χ3n) is 4.66. The number of rotatable bonds is 2. The topological polar surface area (TPSA) is 46.5 Å². The first kappa shape index (κ1) is 18.6. The standard InChI is InChI=1S/C21H28O3/c1-14-9-8-10-15(11-14)16-12-17(19(2,3)4)18(22)21(13-16,24-23)20(5,6)7/h8-13,23H,1-7H3. The molecule has 0 bridgehead atoms. The van der Waals surface area contributed by atoms with E-state index < -0.39 is 11.0 Å². The van der Waals surface area contributed by atoms with Gasteiger partial charge in [0.15, 0.2) is 11.4 Å². The minimum Gasteiger partial charge on any atom is -0.291 e. The number of ketones is 1. The highest BCUT2D eigenvalue weighted by Gasteiger charge is 2.53. The van der Waals surface area contributed by atoms with Gasteiger partial charge in [0.05, 0.1) is 0 Å². The summed E-state index contributed by atoms with van der Waals surface area (Å²) in [6.07, 6.45) is 3.69. The minimum atomic E-state index is -1.40. The molecule has 0 fully saturated rings. The average Bonchev–Trinajstić information content (AvgIpc) is 2.45. The Labute approximate surface area is 145 Å². The van der Waals surface area contributed by atoms with Crippen LogP contribution in [0.25, 0.3) is 5.57 Å². The number of benzene rings is 1. The lowest BCUT2D eigenvalue weighted by Crippen LogP contribution is -2.53. The van der Waals surface area contributed by atoms with E-state index in [1.165, 1.54) is 0 Å². The average molecular weight is 328 g/mol. The van der Waals surface area contributed by atoms with E-state index in [9.17, 15) is 10.1 Å². The predicted molar refractivity (Wildman–Crippen MR) is 97.6 cm³/mol. The van der Waals surface area contributed by atoms with Crippen molar-refractivity contribution < 1.29 is 14.9 Å². The molecule has 1 N–H and O–H groups in total. The largest absolute Gasteiger partial charge is 0.291 e. The molecule has 1 atom stereocenters. The second-order valence-corrected chi connectivity index (χ2v) is 8.68. The van der Waals surface area contributed by atoms with Gasteiger partial charge in [-0.1, -0.05) is 71.4 Å². The number of allylic oxidation sites excluding steroid dienone is 2. The second-order valence-electron chi connectivity index (χ2n) is 8.68. The van der Waals surface area contributed by atoms with Crippen molar-refractivity contribution in [1.29, 1.82) is 0 Å². The van der Waals surface area contributed by atoms with Crippen molar-refractivity contribution in [3.8, 4) is 0 Å². The van der Waals surface area contributed by atoms with Crippen LogP contribution in [0.2, 0.25) is 0 Å². The molecule has 24 heavy (non-hydrogen) atoms. The van der Waals surface area contributed by atoms with E-state index in [2.05, 4.69) is 6.07 Å². The van der Waals surface area contributed by atoms with Crippen LogP contribution in [0.5, 0.6) is 0 Å². The van der Waals surface area contributed by atoms with Crippen molar-refractivity contribution in [2.75, 3.05) is 0 Å². The van der Waals surface area contributed by atoms with Crippen LogP contribution < -0.4 is 0 Å². The first-order valence-electron chi connectivity index (χ1n) is 8.32. The van der Waals surface area contributed by atoms with E-state index in [0.29, 0.717) is 5.57 Å². The summed E-state index contributed by atoms with van der Waals surface area (Å²) < 4.78 is 0. The van der Waals surface area contributed by atoms with Crippen LogP contribution in [0.3, 0.4) is 0 Å². The maximum Gasteiger partial charge on any atom is 0.199 e. The molecule has 2 rings (SSSR count). The van der Waals surface area contributed by atoms with Gasteiger partial charge >= 0.3 is 0 Å². The first-order valence-corrected chi connectivity index (χ1v) is 8.32. The highest BCUT2D eigenvalue weighted by molar-refractivity contribution is 6.10. The van der Waals surface area contributed by atoms with Gasteiger partial charge in [-0.15, -0.1) is 0 Å². The lowest BCUT2D eigenvalue weighted by Gasteiger charge is -2.43. The molecule has 1 aliphatic carbocycles. The van der Waals surface area contributed by atoms with Crippen molar-refractivity contribution in [2.24, 2.45) is 10.8 Å². The fourth-order valence-corrected chi connectivity index (χ4v) is 3.06. The van der Waals surface area contributed by atoms with Gasteiger partial charge in [0.25, 0.3) is 0 Å². The number of aryl methyl sites for hydroxylation is 1. The molecule has 0 radical (unpaired) electrons. The zero-order chi connectivity index (χ0) is 18.3. The fraction of sp³-hybridized carbons (Fsp3) is 0.476. The molecule has 1 unspecified atom stereocenters. The SMILES string of the molecule is Cc1cccc(C2=CC(OO)(C(C)(C)C)C(=O)C(C(C)(C)C)=C2)c1. The molecular formula is C21H28O3. The number of carbonyl (C=O) groups excluding carboxylic acids is 1. The lowest BCUT2D eigenvalue weighted by atomic mass is 9.64. The number of hydrogen-bond donors (Lipinski definition) is 1. The maximum atomic E-state index is 13.2. The van der Waals surface area contributed by atoms with Gasteiger partial charge in [-0.05, 0) is 35.6 Å². The monoisotopic (exact) mass is 328 g/mol. The molecule has 0 heterocycles. The normalized spacial score (nSPS) is 22.2. The highest BCUT2D eigenvalue weighted by Crippen LogP contribution is 2.46. The van der Waals surface area contributed by atoms with Gasteiger partial charge in [0.1, 0.15) is 0 Å². The van der Waals surface area contributed by atoms with E-state index in [-0.39, 0.29) is 11.2 Å². The summed E-state index contributed by atoms with van der Waals surface area (Å²) in [5.74, 6) is -0.179. The summed E-state index contributed by atoms with van der Waals surface area (Å²) in [5.41, 5.74) is 1.35. The van der Waals surface area contributed by atoms with Gasteiger partial charge in [0.2, 0.25) is 0 Å². The van der Waals surface area contributed by atoms with Gasteiger partial charge in [0, 0.05) is 11.0 Å². The molecule has 1 aliphatic rings. The van der Waals surface area contributed by atoms with E-state index in [1.807, 2.05) is 72.7 Å². The molecule has 3 nitrogen and oxygen atoms in total. The summed E-state index contributed by atoms with van der Waals surface area (Å²) in [6, 6.07) is 8.11. The molecule has 3 heteroatoms. The molecule has 0 saturated heterocycles. The minimum absolute atomic E-state index is 0.179. The van der Waals surface area contributed by atoms with E-state index >= 15 is 0 Å². The van der Waals surface area contributed by atoms with Gasteiger partial charge in [-0.3, -0.25) is 10.1 Å². The second kappa shape index (κ2) is 5.98. The summed E-state index contributed by atoms with van der Waals surface area (Å²) in [6.45, 7) is 13.7. The van der Waals surface area contributed by atoms with Crippen molar-refractivity contribution >= 4 is 11.4 Å². The Morgan fingerprint density at radius 1 is 1.08 bits per heavy atom. The maximum absolute atomic E-state index is 13.2. The van der Waals surface area contributed by atoms with E-state index in [1.54, 1.807) is 6.08 Å². The van der Waals surface area contributed by atoms with Crippen LogP contribution in [0, 0.1) is 17.8 Å². The molecule has 0 spiro atoms. The van der Waals surface area contributed by atoms with Crippen LogP contribution in [-0.2, 0) is 9.68 Å². The van der Waals surface area contributed by atoms with Crippen molar-refractivity contribution in [2.45, 2.75) is 54.1 Å². The van der Waals surface area contributed by atoms with Crippen LogP contribution in [0.15, 0.2) is 42.0 Å². The summed E-state index contributed by atoms with van der Waals surface area (Å²) in [4.78, 5) is 18.1. The Balaban J connectivity index is 2.76. The first-order chi connectivity index (χ1) is 10.9. The Morgan fingerprint density at radius 3 is 2.17 bits per heavy atom. The Morgan fingerprint density at radius 2 is 1.71 bits per heavy atom. The van der Waals surface area contributed by atoms with Gasteiger partial charge in [-0.25, -0.2) is 4.89 Å². The van der Waals surface area contributed by atoms with E-state index in [4.69, 9.17) is 4.89 Å². The van der Waals surface area contributed by atoms with E-state index in [0.717, 1.165) is 16.7 Å². The Hall–Kier alpha value is -1.71. The predicted octanol–water partition coefficient (Wildman–Crippen LogP) is 5.21. The fourth-order valence-electron chi connectivity index (χ4n) is 3.06. The number of carbonyl (C=O) groups is 1. The molecule has 1 aromatic carbocycles. The summed E-state index contributed by atoms with van der Waals surface area (Å²) >= 11 is 0. The molecule has 0 aromatic heterocycles. The zero-order valence-corrected chi connectivity index (χ0v) is 15.7. The van der Waals surface area contributed by atoms with Gasteiger partial charge in [-0.2, -0.15) is 0 Å². The smallest absolute Gasteiger partial charge is 0.199 e. The zero-order valence-electron chi connectivity index (χ0n) is 15.7. The molecular weight excluding hydrogens is 300 g/mol. The Kier molecular flexibility index (Phi) is 4.64. The lowest BCUT2D eigenvalue weighted by molar-refractivity contribution is -0.318. The molecule has 130 valence electrons. The van der Waals surface area contributed by atoms with Crippen LogP contribution in [0.4, 0.5) is 0 Å². The van der Waals surface area contributed by atoms with Gasteiger partial charge < -0.3 is 0 Å². The van der Waals surface area contributed by atoms with Crippen LogP contribution in [-0.4, -0.2) is 16.6 Å². The Bertz CT molecular complexity index is 711. The number of hydrogen-bond acceptors (Lipinski definition) is 3. The van der Waals surface area contributed by atoms with Crippen LogP contribution in [0.1, 0.15) is 52.7 Å².